The first kappa shape index (κ1) is 12.6. The second kappa shape index (κ2) is 5.17. The first-order chi connectivity index (χ1) is 8.63. The standard InChI is InChI=1S/C13H15N3O2/c1-16(11-7-15-8-12(11)17)13(18)10-4-2-9(6-14)3-5-10/h2-5,11-12,15,17H,7-8H2,1H3/t11-,12-/m0/s1. The van der Waals surface area contributed by atoms with Crippen LogP contribution in [-0.4, -0.2) is 48.2 Å². The number of carbonyl (C=O) groups is 1. The number of aliphatic hydroxyl groups excluding tert-OH is 1. The van der Waals surface area contributed by atoms with Crippen molar-refractivity contribution in [2.24, 2.45) is 0 Å². The zero-order valence-corrected chi connectivity index (χ0v) is 10.1. The SMILES string of the molecule is CN(C(=O)c1ccc(C#N)cc1)[C@H]1CNC[C@@H]1O. The average Bonchev–Trinajstić information content (AvgIpc) is 2.83. The zero-order valence-electron chi connectivity index (χ0n) is 10.1. The highest BCUT2D eigenvalue weighted by atomic mass is 16.3. The molecule has 1 heterocycles. The molecule has 2 atom stereocenters. The van der Waals surface area contributed by atoms with Crippen molar-refractivity contribution >= 4 is 5.91 Å². The minimum atomic E-state index is -0.530. The van der Waals surface area contributed by atoms with E-state index in [2.05, 4.69) is 5.32 Å². The van der Waals surface area contributed by atoms with Crippen LogP contribution in [0.3, 0.4) is 0 Å². The van der Waals surface area contributed by atoms with E-state index in [0.717, 1.165) is 0 Å². The second-order valence-corrected chi connectivity index (χ2v) is 4.40. The van der Waals surface area contributed by atoms with Gasteiger partial charge >= 0.3 is 0 Å². The summed E-state index contributed by atoms with van der Waals surface area (Å²) in [6, 6.07) is 8.30. The van der Waals surface area contributed by atoms with Gasteiger partial charge in [0.25, 0.3) is 5.91 Å². The van der Waals surface area contributed by atoms with E-state index >= 15 is 0 Å². The van der Waals surface area contributed by atoms with Crippen molar-refractivity contribution in [3.63, 3.8) is 0 Å². The number of carbonyl (C=O) groups excluding carboxylic acids is 1. The van der Waals surface area contributed by atoms with Crippen LogP contribution in [0.4, 0.5) is 0 Å². The summed E-state index contributed by atoms with van der Waals surface area (Å²) in [6.45, 7) is 1.11. The molecule has 1 aromatic rings. The number of likely N-dealkylation sites (N-methyl/N-ethyl adjacent to an activating group) is 1. The van der Waals surface area contributed by atoms with Gasteiger partial charge in [-0.15, -0.1) is 0 Å². The summed E-state index contributed by atoms with van der Waals surface area (Å²) in [5.74, 6) is -0.146. The smallest absolute Gasteiger partial charge is 0.253 e. The molecule has 1 fully saturated rings. The topological polar surface area (TPSA) is 76.4 Å². The number of benzene rings is 1. The number of hydrogen-bond acceptors (Lipinski definition) is 4. The number of hydrogen-bond donors (Lipinski definition) is 2. The summed E-state index contributed by atoms with van der Waals surface area (Å²) in [4.78, 5) is 13.7. The summed E-state index contributed by atoms with van der Waals surface area (Å²) >= 11 is 0. The molecule has 94 valence electrons. The van der Waals surface area contributed by atoms with Crippen molar-refractivity contribution in [2.45, 2.75) is 12.1 Å². The molecule has 2 rings (SSSR count). The van der Waals surface area contributed by atoms with E-state index in [1.807, 2.05) is 6.07 Å². The minimum Gasteiger partial charge on any atom is -0.390 e. The normalized spacial score (nSPS) is 22.5. The predicted molar refractivity (Wildman–Crippen MR) is 65.9 cm³/mol. The molecule has 0 aliphatic carbocycles. The van der Waals surface area contributed by atoms with Gasteiger partial charge in [0.05, 0.1) is 23.8 Å². The fourth-order valence-corrected chi connectivity index (χ4v) is 2.09. The average molecular weight is 245 g/mol. The molecule has 1 amide bonds. The Morgan fingerprint density at radius 3 is 2.61 bits per heavy atom. The Morgan fingerprint density at radius 1 is 1.44 bits per heavy atom. The van der Waals surface area contributed by atoms with Gasteiger partial charge in [0, 0.05) is 25.7 Å². The van der Waals surface area contributed by atoms with Gasteiger partial charge in [-0.05, 0) is 24.3 Å². The largest absolute Gasteiger partial charge is 0.390 e. The maximum absolute atomic E-state index is 12.2. The molecule has 5 nitrogen and oxygen atoms in total. The minimum absolute atomic E-state index is 0.146. The van der Waals surface area contributed by atoms with Crippen molar-refractivity contribution in [1.29, 1.82) is 5.26 Å². The van der Waals surface area contributed by atoms with E-state index < -0.39 is 6.10 Å². The van der Waals surface area contributed by atoms with Crippen molar-refractivity contribution in [3.05, 3.63) is 35.4 Å². The molecule has 0 bridgehead atoms. The highest BCUT2D eigenvalue weighted by Crippen LogP contribution is 2.12. The van der Waals surface area contributed by atoms with Gasteiger partial charge in [-0.2, -0.15) is 5.26 Å². The van der Waals surface area contributed by atoms with Crippen molar-refractivity contribution in [2.75, 3.05) is 20.1 Å². The van der Waals surface area contributed by atoms with Crippen LogP contribution in [0.15, 0.2) is 24.3 Å². The summed E-state index contributed by atoms with van der Waals surface area (Å²) in [5.41, 5.74) is 1.05. The monoisotopic (exact) mass is 245 g/mol. The second-order valence-electron chi connectivity index (χ2n) is 4.40. The molecular formula is C13H15N3O2. The highest BCUT2D eigenvalue weighted by Gasteiger charge is 2.31. The number of amides is 1. The number of aliphatic hydroxyl groups is 1. The third kappa shape index (κ3) is 2.35. The van der Waals surface area contributed by atoms with Gasteiger partial charge in [-0.25, -0.2) is 0 Å². The quantitative estimate of drug-likeness (QED) is 0.766. The lowest BCUT2D eigenvalue weighted by Gasteiger charge is -2.26. The Bertz CT molecular complexity index is 478. The molecular weight excluding hydrogens is 230 g/mol. The third-order valence-electron chi connectivity index (χ3n) is 3.23. The Morgan fingerprint density at radius 2 is 2.11 bits per heavy atom. The van der Waals surface area contributed by atoms with Crippen LogP contribution in [-0.2, 0) is 0 Å². The molecule has 0 aromatic heterocycles. The first-order valence-corrected chi connectivity index (χ1v) is 5.79. The molecule has 18 heavy (non-hydrogen) atoms. The van der Waals surface area contributed by atoms with Crippen LogP contribution in [0.2, 0.25) is 0 Å². The summed E-state index contributed by atoms with van der Waals surface area (Å²) in [5, 5.41) is 21.5. The van der Waals surface area contributed by atoms with Gasteiger partial charge in [0.1, 0.15) is 0 Å². The Balaban J connectivity index is 2.12. The van der Waals surface area contributed by atoms with Crippen LogP contribution in [0, 0.1) is 11.3 Å². The van der Waals surface area contributed by atoms with E-state index in [1.54, 1.807) is 36.2 Å². The molecule has 0 saturated carbocycles. The molecule has 2 N–H and O–H groups in total. The number of rotatable bonds is 2. The molecule has 1 saturated heterocycles. The zero-order chi connectivity index (χ0) is 13.1. The van der Waals surface area contributed by atoms with Crippen LogP contribution in [0.1, 0.15) is 15.9 Å². The molecule has 1 aromatic carbocycles. The Labute approximate surface area is 106 Å². The number of nitrogens with zero attached hydrogens (tertiary/aromatic N) is 2. The molecule has 0 spiro atoms. The van der Waals surface area contributed by atoms with Crippen LogP contribution >= 0.6 is 0 Å². The van der Waals surface area contributed by atoms with Gasteiger partial charge in [0.2, 0.25) is 0 Å². The lowest BCUT2D eigenvalue weighted by Crippen LogP contribution is -2.44. The van der Waals surface area contributed by atoms with Crippen molar-refractivity contribution in [1.82, 2.24) is 10.2 Å². The predicted octanol–water partition coefficient (Wildman–Crippen LogP) is -0.0370. The van der Waals surface area contributed by atoms with Crippen LogP contribution in [0.25, 0.3) is 0 Å². The summed E-state index contributed by atoms with van der Waals surface area (Å²) in [7, 11) is 1.68. The molecule has 0 radical (unpaired) electrons. The van der Waals surface area contributed by atoms with E-state index in [-0.39, 0.29) is 11.9 Å². The molecule has 0 unspecified atom stereocenters. The number of nitrogens with one attached hydrogen (secondary N) is 1. The lowest BCUT2D eigenvalue weighted by molar-refractivity contribution is 0.0581. The van der Waals surface area contributed by atoms with Gasteiger partial charge in [-0.3, -0.25) is 4.79 Å². The van der Waals surface area contributed by atoms with Crippen molar-refractivity contribution in [3.8, 4) is 6.07 Å². The maximum atomic E-state index is 12.2. The Hall–Kier alpha value is -1.90. The third-order valence-corrected chi connectivity index (χ3v) is 3.23. The molecule has 5 heteroatoms. The van der Waals surface area contributed by atoms with E-state index in [1.165, 1.54) is 0 Å². The van der Waals surface area contributed by atoms with Gasteiger partial charge in [-0.1, -0.05) is 0 Å². The summed E-state index contributed by atoms with van der Waals surface area (Å²) < 4.78 is 0. The van der Waals surface area contributed by atoms with Gasteiger partial charge in [0.15, 0.2) is 0 Å². The number of β-amino-alcohol motifs (C(OH)–C–C–N with tert-alkyl or cyclic N) is 1. The first-order valence-electron chi connectivity index (χ1n) is 5.79. The Kier molecular flexibility index (Phi) is 3.60. The van der Waals surface area contributed by atoms with E-state index in [9.17, 15) is 9.90 Å². The van der Waals surface area contributed by atoms with Crippen LogP contribution < -0.4 is 5.32 Å². The molecule has 1 aliphatic rings. The summed E-state index contributed by atoms with van der Waals surface area (Å²) in [6.07, 6.45) is -0.530. The number of nitriles is 1. The molecule has 1 aliphatic heterocycles. The van der Waals surface area contributed by atoms with Gasteiger partial charge < -0.3 is 15.3 Å². The highest BCUT2D eigenvalue weighted by molar-refractivity contribution is 5.94. The van der Waals surface area contributed by atoms with E-state index in [0.29, 0.717) is 24.2 Å². The van der Waals surface area contributed by atoms with E-state index in [4.69, 9.17) is 5.26 Å². The van der Waals surface area contributed by atoms with Crippen molar-refractivity contribution < 1.29 is 9.90 Å². The lowest BCUT2D eigenvalue weighted by atomic mass is 10.1. The fourth-order valence-electron chi connectivity index (χ4n) is 2.09. The fraction of sp³-hybridized carbons (Fsp3) is 0.385. The van der Waals surface area contributed by atoms with Crippen LogP contribution in [0.5, 0.6) is 0 Å². The maximum Gasteiger partial charge on any atom is 0.253 e.